The molecule has 3 aromatic carbocycles. The molecule has 0 aliphatic heterocycles. The Morgan fingerprint density at radius 1 is 0.970 bits per heavy atom. The summed E-state index contributed by atoms with van der Waals surface area (Å²) in [5, 5.41) is 12.7. The summed E-state index contributed by atoms with van der Waals surface area (Å²) in [5.74, 6) is 0.481. The Morgan fingerprint density at radius 2 is 1.76 bits per heavy atom. The van der Waals surface area contributed by atoms with Gasteiger partial charge in [-0.05, 0) is 42.3 Å². The van der Waals surface area contributed by atoms with Gasteiger partial charge in [-0.2, -0.15) is 0 Å². The molecule has 0 radical (unpaired) electrons. The Kier molecular flexibility index (Phi) is 5.66. The van der Waals surface area contributed by atoms with Crippen molar-refractivity contribution in [2.75, 3.05) is 11.1 Å². The molecule has 0 saturated carbocycles. The minimum Gasteiger partial charge on any atom is -0.325 e. The van der Waals surface area contributed by atoms with E-state index in [0.717, 1.165) is 16.8 Å². The number of para-hydroxylation sites is 1. The predicted octanol–water partition coefficient (Wildman–Crippen LogP) is 4.13. The van der Waals surface area contributed by atoms with Crippen LogP contribution in [0.2, 0.25) is 0 Å². The van der Waals surface area contributed by atoms with Gasteiger partial charge in [-0.15, -0.1) is 10.2 Å². The Morgan fingerprint density at radius 3 is 2.58 bits per heavy atom. The highest BCUT2D eigenvalue weighted by molar-refractivity contribution is 7.99. The normalized spacial score (nSPS) is 11.2. The van der Waals surface area contributed by atoms with Crippen LogP contribution >= 0.6 is 11.8 Å². The second-order valence-corrected chi connectivity index (χ2v) is 8.66. The lowest BCUT2D eigenvalue weighted by Gasteiger charge is -2.11. The third kappa shape index (κ3) is 4.25. The second kappa shape index (κ2) is 8.91. The average Bonchev–Trinajstić information content (AvgIpc) is 3.25. The largest absolute Gasteiger partial charge is 0.325 e. The number of rotatable bonds is 6. The van der Waals surface area contributed by atoms with E-state index in [0.29, 0.717) is 28.4 Å². The van der Waals surface area contributed by atoms with Crippen LogP contribution in [0.3, 0.4) is 0 Å². The highest BCUT2D eigenvalue weighted by Gasteiger charge is 2.18. The minimum atomic E-state index is -0.135. The molecule has 8 heteroatoms. The van der Waals surface area contributed by atoms with Crippen LogP contribution in [-0.4, -0.2) is 30.8 Å². The number of amides is 1. The number of fused-ring (bicyclic) bond motifs is 3. The molecule has 0 spiro atoms. The van der Waals surface area contributed by atoms with E-state index in [1.165, 1.54) is 11.8 Å². The first-order valence-electron chi connectivity index (χ1n) is 10.5. The van der Waals surface area contributed by atoms with Crippen molar-refractivity contribution in [3.05, 3.63) is 100 Å². The van der Waals surface area contributed by atoms with Crippen LogP contribution in [0, 0.1) is 6.92 Å². The minimum absolute atomic E-state index is 0.122. The van der Waals surface area contributed by atoms with Gasteiger partial charge in [-0.25, -0.2) is 0 Å². The van der Waals surface area contributed by atoms with Gasteiger partial charge in [-0.3, -0.25) is 18.6 Å². The van der Waals surface area contributed by atoms with Crippen LogP contribution in [0.15, 0.2) is 88.8 Å². The summed E-state index contributed by atoms with van der Waals surface area (Å²) in [6.45, 7) is 2.36. The summed E-state index contributed by atoms with van der Waals surface area (Å²) < 4.78 is 3.48. The number of hydrogen-bond acceptors (Lipinski definition) is 5. The van der Waals surface area contributed by atoms with Crippen molar-refractivity contribution in [3.8, 4) is 0 Å². The molecule has 0 unspecified atom stereocenters. The Bertz CT molecular complexity index is 1520. The van der Waals surface area contributed by atoms with E-state index in [9.17, 15) is 9.59 Å². The van der Waals surface area contributed by atoms with Gasteiger partial charge in [0.2, 0.25) is 11.7 Å². The molecule has 1 N–H and O–H groups in total. The van der Waals surface area contributed by atoms with Gasteiger partial charge in [0.1, 0.15) is 0 Å². The molecule has 0 aliphatic carbocycles. The van der Waals surface area contributed by atoms with Gasteiger partial charge in [-0.1, -0.05) is 66.4 Å². The van der Waals surface area contributed by atoms with Crippen molar-refractivity contribution in [1.29, 1.82) is 0 Å². The molecule has 0 bridgehead atoms. The fraction of sp³-hybridized carbons (Fsp3) is 0.120. The van der Waals surface area contributed by atoms with Crippen molar-refractivity contribution in [1.82, 2.24) is 19.2 Å². The number of benzene rings is 3. The van der Waals surface area contributed by atoms with E-state index in [1.807, 2.05) is 84.1 Å². The van der Waals surface area contributed by atoms with E-state index in [1.54, 1.807) is 10.6 Å². The zero-order valence-electron chi connectivity index (χ0n) is 17.9. The van der Waals surface area contributed by atoms with Crippen LogP contribution in [0.5, 0.6) is 0 Å². The third-order valence-corrected chi connectivity index (χ3v) is 6.22. The number of nitrogens with one attached hydrogen (secondary N) is 1. The van der Waals surface area contributed by atoms with Gasteiger partial charge >= 0.3 is 0 Å². The maximum atomic E-state index is 13.3. The maximum absolute atomic E-state index is 13.3. The first kappa shape index (κ1) is 21.0. The van der Waals surface area contributed by atoms with Crippen LogP contribution in [-0.2, 0) is 11.3 Å². The molecule has 164 valence electrons. The molecule has 33 heavy (non-hydrogen) atoms. The monoisotopic (exact) mass is 455 g/mol. The lowest BCUT2D eigenvalue weighted by molar-refractivity contribution is -0.113. The Labute approximate surface area is 194 Å². The number of nitrogens with zero attached hydrogens (tertiary/aromatic N) is 4. The van der Waals surface area contributed by atoms with Gasteiger partial charge in [0.25, 0.3) is 5.56 Å². The van der Waals surface area contributed by atoms with Gasteiger partial charge in [0, 0.05) is 5.69 Å². The third-order valence-electron chi connectivity index (χ3n) is 5.30. The lowest BCUT2D eigenvalue weighted by atomic mass is 10.2. The zero-order chi connectivity index (χ0) is 22.8. The van der Waals surface area contributed by atoms with Crippen molar-refractivity contribution in [2.45, 2.75) is 18.6 Å². The molecule has 1 amide bonds. The predicted molar refractivity (Wildman–Crippen MR) is 131 cm³/mol. The smallest absolute Gasteiger partial charge is 0.263 e. The number of hydrogen-bond donors (Lipinski definition) is 1. The topological polar surface area (TPSA) is 81.3 Å². The van der Waals surface area contributed by atoms with Crippen LogP contribution < -0.4 is 10.9 Å². The van der Waals surface area contributed by atoms with Crippen molar-refractivity contribution in [2.24, 2.45) is 0 Å². The number of aryl methyl sites for hydroxylation is 1. The highest BCUT2D eigenvalue weighted by atomic mass is 32.2. The molecule has 0 aliphatic rings. The number of carbonyl (C=O) groups excluding carboxylic acids is 1. The molecule has 5 rings (SSSR count). The van der Waals surface area contributed by atoms with Crippen LogP contribution in [0.4, 0.5) is 5.69 Å². The quantitative estimate of drug-likeness (QED) is 0.389. The highest BCUT2D eigenvalue weighted by Crippen LogP contribution is 2.22. The van der Waals surface area contributed by atoms with Crippen molar-refractivity contribution in [3.63, 3.8) is 0 Å². The molecule has 7 nitrogen and oxygen atoms in total. The Hall–Kier alpha value is -3.91. The molecule has 0 fully saturated rings. The molecular weight excluding hydrogens is 434 g/mol. The number of carbonyl (C=O) groups is 1. The van der Waals surface area contributed by atoms with E-state index >= 15 is 0 Å². The van der Waals surface area contributed by atoms with E-state index in [-0.39, 0.29) is 17.2 Å². The number of anilines is 1. The lowest BCUT2D eigenvalue weighted by Crippen LogP contribution is -2.24. The first-order valence-corrected chi connectivity index (χ1v) is 11.5. The van der Waals surface area contributed by atoms with Gasteiger partial charge < -0.3 is 5.32 Å². The summed E-state index contributed by atoms with van der Waals surface area (Å²) in [5.41, 5.74) is 3.42. The first-order chi connectivity index (χ1) is 16.1. The summed E-state index contributed by atoms with van der Waals surface area (Å²) in [7, 11) is 0. The average molecular weight is 456 g/mol. The molecule has 2 aromatic heterocycles. The van der Waals surface area contributed by atoms with E-state index in [4.69, 9.17) is 0 Å². The Balaban J connectivity index is 1.50. The van der Waals surface area contributed by atoms with Crippen molar-refractivity contribution >= 4 is 40.0 Å². The maximum Gasteiger partial charge on any atom is 0.263 e. The van der Waals surface area contributed by atoms with Gasteiger partial charge in [0.05, 0.1) is 23.2 Å². The van der Waals surface area contributed by atoms with E-state index < -0.39 is 0 Å². The molecule has 0 saturated heterocycles. The van der Waals surface area contributed by atoms with Crippen LogP contribution in [0.1, 0.15) is 11.1 Å². The molecule has 2 heterocycles. The fourth-order valence-electron chi connectivity index (χ4n) is 3.79. The summed E-state index contributed by atoms with van der Waals surface area (Å²) in [4.78, 5) is 25.8. The van der Waals surface area contributed by atoms with Gasteiger partial charge in [0.15, 0.2) is 5.16 Å². The molecule has 5 aromatic rings. The number of aromatic nitrogens is 4. The van der Waals surface area contributed by atoms with Crippen LogP contribution in [0.25, 0.3) is 16.7 Å². The number of thioether (sulfide) groups is 1. The molecular formula is C25H21N5O2S. The summed E-state index contributed by atoms with van der Waals surface area (Å²) in [6.07, 6.45) is 0. The summed E-state index contributed by atoms with van der Waals surface area (Å²) >= 11 is 1.29. The fourth-order valence-corrected chi connectivity index (χ4v) is 4.53. The summed E-state index contributed by atoms with van der Waals surface area (Å²) in [6, 6.07) is 24.8. The van der Waals surface area contributed by atoms with E-state index in [2.05, 4.69) is 15.5 Å². The second-order valence-electron chi connectivity index (χ2n) is 7.72. The SMILES string of the molecule is Cc1cccc(NC(=O)CSc2nnc3n(Cc4ccccc4)c(=O)c4ccccc4n23)c1. The zero-order valence-corrected chi connectivity index (χ0v) is 18.7. The molecule has 0 atom stereocenters. The standard InChI is InChI=1S/C25H21N5O2S/c1-17-8-7-11-19(14-17)26-22(31)16-33-25-28-27-24-29(15-18-9-3-2-4-10-18)23(32)20-12-5-6-13-21(20)30(24)25/h2-14H,15-16H2,1H3,(H,26,31). The van der Waals surface area contributed by atoms with Crippen molar-refractivity contribution < 1.29 is 4.79 Å².